The molecule has 0 bridgehead atoms. The standard InChI is InChI=1S/C11H14FNO2/c1-7-5-4-6-8(9(7)12)10(11(14)15)13(2)3/h4-6,10H,1-3H3,(H,14,15). The molecule has 0 aliphatic heterocycles. The molecule has 0 amide bonds. The molecule has 0 radical (unpaired) electrons. The predicted octanol–water partition coefficient (Wildman–Crippen LogP) is 1.82. The molecule has 82 valence electrons. The first kappa shape index (κ1) is 11.7. The number of likely N-dealkylation sites (N-methyl/N-ethyl adjacent to an activating group) is 1. The highest BCUT2D eigenvalue weighted by Gasteiger charge is 2.25. The maximum Gasteiger partial charge on any atom is 0.325 e. The SMILES string of the molecule is Cc1cccc(C(C(=O)O)N(C)C)c1F. The number of hydrogen-bond acceptors (Lipinski definition) is 2. The van der Waals surface area contributed by atoms with Gasteiger partial charge < -0.3 is 5.11 Å². The molecule has 1 unspecified atom stereocenters. The molecule has 1 N–H and O–H groups in total. The van der Waals surface area contributed by atoms with Crippen LogP contribution < -0.4 is 0 Å². The van der Waals surface area contributed by atoms with Crippen LogP contribution in [0.4, 0.5) is 4.39 Å². The summed E-state index contributed by atoms with van der Waals surface area (Å²) in [6.07, 6.45) is 0. The highest BCUT2D eigenvalue weighted by Crippen LogP contribution is 2.23. The maximum absolute atomic E-state index is 13.7. The van der Waals surface area contributed by atoms with Gasteiger partial charge in [-0.3, -0.25) is 9.69 Å². The van der Waals surface area contributed by atoms with E-state index in [-0.39, 0.29) is 5.56 Å². The van der Waals surface area contributed by atoms with Crippen molar-refractivity contribution in [3.05, 3.63) is 35.1 Å². The Morgan fingerprint density at radius 3 is 2.53 bits per heavy atom. The second-order valence-electron chi connectivity index (χ2n) is 3.68. The van der Waals surface area contributed by atoms with Crippen LogP contribution in [-0.2, 0) is 4.79 Å². The van der Waals surface area contributed by atoms with Crippen molar-refractivity contribution in [3.8, 4) is 0 Å². The Morgan fingerprint density at radius 2 is 2.07 bits per heavy atom. The Labute approximate surface area is 88.1 Å². The fourth-order valence-corrected chi connectivity index (χ4v) is 1.51. The van der Waals surface area contributed by atoms with E-state index >= 15 is 0 Å². The average Bonchev–Trinajstić information content (AvgIpc) is 2.11. The van der Waals surface area contributed by atoms with E-state index in [1.54, 1.807) is 33.2 Å². The molecule has 0 spiro atoms. The van der Waals surface area contributed by atoms with Gasteiger partial charge in [-0.2, -0.15) is 0 Å². The van der Waals surface area contributed by atoms with Gasteiger partial charge in [0.1, 0.15) is 11.9 Å². The topological polar surface area (TPSA) is 40.5 Å². The molecule has 0 aliphatic carbocycles. The van der Waals surface area contributed by atoms with Crippen molar-refractivity contribution in [1.82, 2.24) is 4.90 Å². The zero-order valence-electron chi connectivity index (χ0n) is 8.99. The first-order valence-electron chi connectivity index (χ1n) is 4.59. The van der Waals surface area contributed by atoms with Gasteiger partial charge in [0.15, 0.2) is 0 Å². The lowest BCUT2D eigenvalue weighted by Gasteiger charge is -2.21. The van der Waals surface area contributed by atoms with Crippen molar-refractivity contribution in [2.75, 3.05) is 14.1 Å². The quantitative estimate of drug-likeness (QED) is 0.829. The predicted molar refractivity (Wildman–Crippen MR) is 55.2 cm³/mol. The molecular weight excluding hydrogens is 197 g/mol. The van der Waals surface area contributed by atoms with Gasteiger partial charge in [-0.15, -0.1) is 0 Å². The zero-order valence-corrected chi connectivity index (χ0v) is 8.99. The summed E-state index contributed by atoms with van der Waals surface area (Å²) in [5.41, 5.74) is 0.660. The van der Waals surface area contributed by atoms with Crippen LogP contribution in [0, 0.1) is 12.7 Å². The van der Waals surface area contributed by atoms with E-state index in [0.717, 1.165) is 0 Å². The summed E-state index contributed by atoms with van der Waals surface area (Å²) < 4.78 is 13.7. The number of aryl methyl sites for hydroxylation is 1. The van der Waals surface area contributed by atoms with Crippen LogP contribution in [0.15, 0.2) is 18.2 Å². The molecule has 1 aromatic carbocycles. The molecule has 0 heterocycles. The summed E-state index contributed by atoms with van der Waals surface area (Å²) in [5.74, 6) is -1.50. The van der Waals surface area contributed by atoms with Crippen molar-refractivity contribution in [2.45, 2.75) is 13.0 Å². The van der Waals surface area contributed by atoms with E-state index in [1.165, 1.54) is 11.0 Å². The molecule has 0 aromatic heterocycles. The van der Waals surface area contributed by atoms with Gasteiger partial charge in [0, 0.05) is 5.56 Å². The van der Waals surface area contributed by atoms with Crippen LogP contribution in [-0.4, -0.2) is 30.1 Å². The lowest BCUT2D eigenvalue weighted by Crippen LogP contribution is -2.28. The monoisotopic (exact) mass is 211 g/mol. The fraction of sp³-hybridized carbons (Fsp3) is 0.364. The molecule has 15 heavy (non-hydrogen) atoms. The minimum atomic E-state index is -1.05. The first-order valence-corrected chi connectivity index (χ1v) is 4.59. The summed E-state index contributed by atoms with van der Waals surface area (Å²) in [6.45, 7) is 1.62. The van der Waals surface area contributed by atoms with Crippen molar-refractivity contribution in [1.29, 1.82) is 0 Å². The molecule has 1 aromatic rings. The van der Waals surface area contributed by atoms with Crippen molar-refractivity contribution < 1.29 is 14.3 Å². The zero-order chi connectivity index (χ0) is 11.6. The van der Waals surface area contributed by atoms with E-state index in [9.17, 15) is 9.18 Å². The van der Waals surface area contributed by atoms with Crippen LogP contribution in [0.25, 0.3) is 0 Å². The third kappa shape index (κ3) is 2.33. The summed E-state index contributed by atoms with van der Waals surface area (Å²) in [6, 6.07) is 3.84. The molecule has 4 heteroatoms. The Morgan fingerprint density at radius 1 is 1.47 bits per heavy atom. The molecule has 0 saturated heterocycles. The Bertz CT molecular complexity index is 377. The van der Waals surface area contributed by atoms with Gasteiger partial charge in [0.2, 0.25) is 0 Å². The minimum Gasteiger partial charge on any atom is -0.480 e. The second-order valence-corrected chi connectivity index (χ2v) is 3.68. The third-order valence-corrected chi connectivity index (χ3v) is 2.27. The van der Waals surface area contributed by atoms with Crippen LogP contribution in [0.2, 0.25) is 0 Å². The number of carboxylic acids is 1. The van der Waals surface area contributed by atoms with E-state index in [4.69, 9.17) is 5.11 Å². The number of rotatable bonds is 3. The second kappa shape index (κ2) is 4.40. The Hall–Kier alpha value is -1.42. The summed E-state index contributed by atoms with van der Waals surface area (Å²) in [5, 5.41) is 9.00. The van der Waals surface area contributed by atoms with Gasteiger partial charge in [-0.25, -0.2) is 4.39 Å². The molecule has 0 aliphatic rings. The minimum absolute atomic E-state index is 0.201. The first-order chi connectivity index (χ1) is 6.95. The van der Waals surface area contributed by atoms with Gasteiger partial charge in [-0.05, 0) is 26.6 Å². The average molecular weight is 211 g/mol. The molecule has 1 rings (SSSR count). The van der Waals surface area contributed by atoms with Gasteiger partial charge in [0.05, 0.1) is 0 Å². The van der Waals surface area contributed by atoms with Gasteiger partial charge in [-0.1, -0.05) is 18.2 Å². The lowest BCUT2D eigenvalue weighted by molar-refractivity contribution is -0.142. The van der Waals surface area contributed by atoms with Crippen LogP contribution in [0.1, 0.15) is 17.2 Å². The van der Waals surface area contributed by atoms with E-state index in [2.05, 4.69) is 0 Å². The number of carboxylic acid groups (broad SMARTS) is 1. The molecule has 1 atom stereocenters. The smallest absolute Gasteiger partial charge is 0.325 e. The number of aliphatic carboxylic acids is 1. The molecule has 0 saturated carbocycles. The Balaban J connectivity index is 3.23. The highest BCUT2D eigenvalue weighted by atomic mass is 19.1. The fourth-order valence-electron chi connectivity index (χ4n) is 1.51. The van der Waals surface area contributed by atoms with Crippen molar-refractivity contribution in [3.63, 3.8) is 0 Å². The van der Waals surface area contributed by atoms with Crippen LogP contribution >= 0.6 is 0 Å². The number of halogens is 1. The van der Waals surface area contributed by atoms with Crippen molar-refractivity contribution in [2.24, 2.45) is 0 Å². The Kier molecular flexibility index (Phi) is 3.42. The maximum atomic E-state index is 13.7. The highest BCUT2D eigenvalue weighted by molar-refractivity contribution is 5.75. The summed E-state index contributed by atoms with van der Waals surface area (Å²) in [7, 11) is 3.22. The van der Waals surface area contributed by atoms with E-state index < -0.39 is 17.8 Å². The van der Waals surface area contributed by atoms with Crippen molar-refractivity contribution >= 4 is 5.97 Å². The van der Waals surface area contributed by atoms with Gasteiger partial charge >= 0.3 is 5.97 Å². The number of hydrogen-bond donors (Lipinski definition) is 1. The van der Waals surface area contributed by atoms with E-state index in [0.29, 0.717) is 5.56 Å². The van der Waals surface area contributed by atoms with Crippen LogP contribution in [0.3, 0.4) is 0 Å². The lowest BCUT2D eigenvalue weighted by atomic mass is 10.0. The van der Waals surface area contributed by atoms with Gasteiger partial charge in [0.25, 0.3) is 0 Å². The number of nitrogens with zero attached hydrogens (tertiary/aromatic N) is 1. The van der Waals surface area contributed by atoms with Crippen LogP contribution in [0.5, 0.6) is 0 Å². The molecule has 0 fully saturated rings. The summed E-state index contributed by atoms with van der Waals surface area (Å²) in [4.78, 5) is 12.5. The molecular formula is C11H14FNO2. The summed E-state index contributed by atoms with van der Waals surface area (Å²) >= 11 is 0. The number of benzene rings is 1. The normalized spacial score (nSPS) is 12.9. The third-order valence-electron chi connectivity index (χ3n) is 2.27. The number of carbonyl (C=O) groups is 1. The molecule has 3 nitrogen and oxygen atoms in total. The largest absolute Gasteiger partial charge is 0.480 e. The van der Waals surface area contributed by atoms with E-state index in [1.807, 2.05) is 0 Å².